The summed E-state index contributed by atoms with van der Waals surface area (Å²) in [6.45, 7) is 6.30. The summed E-state index contributed by atoms with van der Waals surface area (Å²) in [5.74, 6) is -0.931. The van der Waals surface area contributed by atoms with E-state index in [1.807, 2.05) is 12.1 Å². The normalized spacial score (nSPS) is 11.5. The highest BCUT2D eigenvalue weighted by molar-refractivity contribution is 5.66. The molecule has 2 rings (SSSR count). The molecule has 1 aromatic heterocycles. The van der Waals surface area contributed by atoms with Crippen molar-refractivity contribution in [1.29, 1.82) is 0 Å². The Morgan fingerprint density at radius 2 is 1.89 bits per heavy atom. The SMILES string of the molecule is CC(C)(C)c1ccc(-c2cn(CC(=O)O)nn2)cc1. The van der Waals surface area contributed by atoms with Crippen molar-refractivity contribution in [2.45, 2.75) is 32.7 Å². The number of hydrogen-bond acceptors (Lipinski definition) is 3. The van der Waals surface area contributed by atoms with Gasteiger partial charge < -0.3 is 5.11 Å². The maximum absolute atomic E-state index is 10.6. The molecule has 0 bridgehead atoms. The zero-order chi connectivity index (χ0) is 14.0. The Bertz CT molecular complexity index is 579. The summed E-state index contributed by atoms with van der Waals surface area (Å²) in [7, 11) is 0. The van der Waals surface area contributed by atoms with Crippen LogP contribution >= 0.6 is 0 Å². The molecule has 1 heterocycles. The second-order valence-corrected chi connectivity index (χ2v) is 5.52. The summed E-state index contributed by atoms with van der Waals surface area (Å²) in [4.78, 5) is 10.6. The standard InChI is InChI=1S/C14H17N3O2/c1-14(2,3)11-6-4-10(5-7-11)12-8-17(16-15-12)9-13(18)19/h4-8H,9H2,1-3H3,(H,18,19). The van der Waals surface area contributed by atoms with E-state index in [0.29, 0.717) is 5.69 Å². The fourth-order valence-corrected chi connectivity index (χ4v) is 1.79. The average molecular weight is 259 g/mol. The van der Waals surface area contributed by atoms with E-state index in [-0.39, 0.29) is 12.0 Å². The maximum Gasteiger partial charge on any atom is 0.325 e. The topological polar surface area (TPSA) is 68.0 Å². The van der Waals surface area contributed by atoms with Crippen molar-refractivity contribution in [2.24, 2.45) is 0 Å². The Morgan fingerprint density at radius 1 is 1.26 bits per heavy atom. The molecule has 0 fully saturated rings. The fourth-order valence-electron chi connectivity index (χ4n) is 1.79. The smallest absolute Gasteiger partial charge is 0.325 e. The first-order chi connectivity index (χ1) is 8.86. The van der Waals surface area contributed by atoms with Gasteiger partial charge in [0.1, 0.15) is 12.2 Å². The summed E-state index contributed by atoms with van der Waals surface area (Å²) in [5.41, 5.74) is 2.97. The van der Waals surface area contributed by atoms with Crippen molar-refractivity contribution in [3.63, 3.8) is 0 Å². The molecule has 5 heteroatoms. The van der Waals surface area contributed by atoms with Gasteiger partial charge in [0.15, 0.2) is 0 Å². The molecular weight excluding hydrogens is 242 g/mol. The number of carbonyl (C=O) groups is 1. The van der Waals surface area contributed by atoms with Crippen molar-refractivity contribution in [1.82, 2.24) is 15.0 Å². The summed E-state index contributed by atoms with van der Waals surface area (Å²) >= 11 is 0. The van der Waals surface area contributed by atoms with Crippen molar-refractivity contribution in [3.8, 4) is 11.3 Å². The van der Waals surface area contributed by atoms with Crippen LogP contribution in [0.4, 0.5) is 0 Å². The molecule has 5 nitrogen and oxygen atoms in total. The quantitative estimate of drug-likeness (QED) is 0.918. The second kappa shape index (κ2) is 4.84. The van der Waals surface area contributed by atoms with Gasteiger partial charge in [-0.3, -0.25) is 4.79 Å². The third kappa shape index (κ3) is 3.19. The van der Waals surface area contributed by atoms with E-state index >= 15 is 0 Å². The molecule has 0 spiro atoms. The molecule has 0 unspecified atom stereocenters. The first-order valence-corrected chi connectivity index (χ1v) is 6.09. The van der Waals surface area contributed by atoms with E-state index in [9.17, 15) is 4.79 Å². The summed E-state index contributed by atoms with van der Waals surface area (Å²) in [6, 6.07) is 8.09. The van der Waals surface area contributed by atoms with Crippen LogP contribution in [0.3, 0.4) is 0 Å². The first-order valence-electron chi connectivity index (χ1n) is 6.09. The lowest BCUT2D eigenvalue weighted by atomic mass is 9.86. The van der Waals surface area contributed by atoms with Gasteiger partial charge in [0.05, 0.1) is 6.20 Å². The first kappa shape index (κ1) is 13.3. The van der Waals surface area contributed by atoms with Crippen LogP contribution < -0.4 is 0 Å². The minimum absolute atomic E-state index is 0.111. The van der Waals surface area contributed by atoms with Crippen molar-refractivity contribution < 1.29 is 9.90 Å². The molecule has 1 aromatic carbocycles. The lowest BCUT2D eigenvalue weighted by molar-refractivity contribution is -0.137. The van der Waals surface area contributed by atoms with Crippen molar-refractivity contribution >= 4 is 5.97 Å². The highest BCUT2D eigenvalue weighted by atomic mass is 16.4. The Hall–Kier alpha value is -2.17. The van der Waals surface area contributed by atoms with E-state index in [0.717, 1.165) is 5.56 Å². The van der Waals surface area contributed by atoms with Crippen LogP contribution in [0.5, 0.6) is 0 Å². The largest absolute Gasteiger partial charge is 0.480 e. The minimum Gasteiger partial charge on any atom is -0.480 e. The Morgan fingerprint density at radius 3 is 2.42 bits per heavy atom. The summed E-state index contributed by atoms with van der Waals surface area (Å²) in [5, 5.41) is 16.5. The van der Waals surface area contributed by atoms with Crippen molar-refractivity contribution in [3.05, 3.63) is 36.0 Å². The predicted octanol–water partition coefficient (Wildman–Crippen LogP) is 2.33. The minimum atomic E-state index is -0.931. The monoisotopic (exact) mass is 259 g/mol. The van der Waals surface area contributed by atoms with Gasteiger partial charge in [0.25, 0.3) is 0 Å². The van der Waals surface area contributed by atoms with Gasteiger partial charge in [-0.25, -0.2) is 4.68 Å². The molecule has 100 valence electrons. The molecule has 19 heavy (non-hydrogen) atoms. The van der Waals surface area contributed by atoms with Gasteiger partial charge in [0.2, 0.25) is 0 Å². The summed E-state index contributed by atoms with van der Waals surface area (Å²) < 4.78 is 1.31. The van der Waals surface area contributed by atoms with Crippen LogP contribution in [0, 0.1) is 0 Å². The molecule has 0 amide bonds. The number of rotatable bonds is 3. The van der Waals surface area contributed by atoms with Crippen LogP contribution in [0.15, 0.2) is 30.5 Å². The summed E-state index contributed by atoms with van der Waals surface area (Å²) in [6.07, 6.45) is 1.64. The molecule has 0 aliphatic rings. The molecule has 0 atom stereocenters. The van der Waals surface area contributed by atoms with E-state index in [1.54, 1.807) is 6.20 Å². The fraction of sp³-hybridized carbons (Fsp3) is 0.357. The van der Waals surface area contributed by atoms with Gasteiger partial charge in [0, 0.05) is 5.56 Å². The van der Waals surface area contributed by atoms with Crippen LogP contribution in [0.1, 0.15) is 26.3 Å². The number of aliphatic carboxylic acids is 1. The molecule has 0 saturated carbocycles. The number of nitrogens with zero attached hydrogens (tertiary/aromatic N) is 3. The number of hydrogen-bond donors (Lipinski definition) is 1. The number of aromatic nitrogens is 3. The molecule has 0 saturated heterocycles. The third-order valence-electron chi connectivity index (χ3n) is 2.88. The number of carboxylic acids is 1. The number of benzene rings is 1. The molecule has 0 aliphatic heterocycles. The van der Waals surface area contributed by atoms with E-state index in [1.165, 1.54) is 10.2 Å². The molecular formula is C14H17N3O2. The lowest BCUT2D eigenvalue weighted by Crippen LogP contribution is -2.10. The van der Waals surface area contributed by atoms with Crippen LogP contribution in [0.25, 0.3) is 11.3 Å². The zero-order valence-corrected chi connectivity index (χ0v) is 11.3. The Kier molecular flexibility index (Phi) is 3.38. The van der Waals surface area contributed by atoms with Gasteiger partial charge in [-0.2, -0.15) is 0 Å². The van der Waals surface area contributed by atoms with Crippen LogP contribution in [0.2, 0.25) is 0 Å². The van der Waals surface area contributed by atoms with Gasteiger partial charge >= 0.3 is 5.97 Å². The molecule has 0 radical (unpaired) electrons. The molecule has 0 aliphatic carbocycles. The van der Waals surface area contributed by atoms with Gasteiger partial charge in [-0.05, 0) is 11.0 Å². The van der Waals surface area contributed by atoms with Gasteiger partial charge in [-0.1, -0.05) is 50.3 Å². The van der Waals surface area contributed by atoms with Crippen LogP contribution in [-0.2, 0) is 16.8 Å². The highest BCUT2D eigenvalue weighted by Gasteiger charge is 2.13. The van der Waals surface area contributed by atoms with E-state index in [2.05, 4.69) is 43.2 Å². The third-order valence-corrected chi connectivity index (χ3v) is 2.88. The zero-order valence-electron chi connectivity index (χ0n) is 11.3. The number of carboxylic acid groups (broad SMARTS) is 1. The average Bonchev–Trinajstić information content (AvgIpc) is 2.75. The Balaban J connectivity index is 2.23. The van der Waals surface area contributed by atoms with E-state index in [4.69, 9.17) is 5.11 Å². The predicted molar refractivity (Wildman–Crippen MR) is 71.8 cm³/mol. The lowest BCUT2D eigenvalue weighted by Gasteiger charge is -2.18. The van der Waals surface area contributed by atoms with Crippen LogP contribution in [-0.4, -0.2) is 26.1 Å². The maximum atomic E-state index is 10.6. The highest BCUT2D eigenvalue weighted by Crippen LogP contribution is 2.25. The van der Waals surface area contributed by atoms with Crippen molar-refractivity contribution in [2.75, 3.05) is 0 Å². The molecule has 2 aromatic rings. The van der Waals surface area contributed by atoms with Gasteiger partial charge in [-0.15, -0.1) is 5.10 Å². The van der Waals surface area contributed by atoms with E-state index < -0.39 is 5.97 Å². The molecule has 1 N–H and O–H groups in total. The Labute approximate surface area is 111 Å². The second-order valence-electron chi connectivity index (χ2n) is 5.52.